The summed E-state index contributed by atoms with van der Waals surface area (Å²) in [5, 5.41) is 10.5. The molecule has 0 amide bonds. The molecule has 1 fully saturated rings. The van der Waals surface area contributed by atoms with Crippen LogP contribution in [0.5, 0.6) is 5.75 Å². The summed E-state index contributed by atoms with van der Waals surface area (Å²) in [6.45, 7) is 18.1. The topological polar surface area (TPSA) is 62.2 Å². The summed E-state index contributed by atoms with van der Waals surface area (Å²) in [6.07, 6.45) is 2.86. The highest BCUT2D eigenvalue weighted by molar-refractivity contribution is 5.85. The van der Waals surface area contributed by atoms with E-state index in [1.165, 1.54) is 24.0 Å². The molecule has 3 aliphatic rings. The summed E-state index contributed by atoms with van der Waals surface area (Å²) < 4.78 is 27.5. The largest absolute Gasteiger partial charge is 0.490 e. The molecule has 3 aliphatic heterocycles. The summed E-state index contributed by atoms with van der Waals surface area (Å²) in [6, 6.07) is 2.12. The van der Waals surface area contributed by atoms with E-state index in [1.54, 1.807) is 6.07 Å². The molecule has 2 aromatic rings. The van der Waals surface area contributed by atoms with Crippen LogP contribution in [0, 0.1) is 26.6 Å². The Kier molecular flexibility index (Phi) is 7.55. The first kappa shape index (κ1) is 28.1. The van der Waals surface area contributed by atoms with Gasteiger partial charge < -0.3 is 14.6 Å². The van der Waals surface area contributed by atoms with E-state index in [4.69, 9.17) is 9.47 Å². The Bertz CT molecular complexity index is 1300. The van der Waals surface area contributed by atoms with Crippen molar-refractivity contribution in [1.82, 2.24) is 9.80 Å². The minimum Gasteiger partial charge on any atom is -0.490 e. The lowest BCUT2D eigenvalue weighted by Gasteiger charge is -2.31. The SMILES string of the molecule is Cc1c(-c2c(C)c3c(c(C)c2[C@H](OC(C)(C)C)C(=O)O)CN(CN2CCC[C@@H]2C)C3)cc(F)c2c1CCCO2. The molecule has 7 heteroatoms. The van der Waals surface area contributed by atoms with Gasteiger partial charge in [-0.3, -0.25) is 9.80 Å². The van der Waals surface area contributed by atoms with Gasteiger partial charge in [-0.15, -0.1) is 0 Å². The summed E-state index contributed by atoms with van der Waals surface area (Å²) >= 11 is 0. The van der Waals surface area contributed by atoms with E-state index >= 15 is 4.39 Å². The van der Waals surface area contributed by atoms with Crippen molar-refractivity contribution in [1.29, 1.82) is 0 Å². The Morgan fingerprint density at radius 2 is 1.82 bits per heavy atom. The van der Waals surface area contributed by atoms with Crippen molar-refractivity contribution in [2.24, 2.45) is 0 Å². The molecule has 1 saturated heterocycles. The maximum Gasteiger partial charge on any atom is 0.337 e. The fourth-order valence-electron chi connectivity index (χ4n) is 6.83. The Labute approximate surface area is 232 Å². The Morgan fingerprint density at radius 3 is 2.44 bits per heavy atom. The summed E-state index contributed by atoms with van der Waals surface area (Å²) in [5.74, 6) is -1.08. The van der Waals surface area contributed by atoms with Gasteiger partial charge in [0.1, 0.15) is 0 Å². The lowest BCUT2D eigenvalue weighted by atomic mass is 9.81. The van der Waals surface area contributed by atoms with Crippen molar-refractivity contribution in [3.8, 4) is 16.9 Å². The van der Waals surface area contributed by atoms with Gasteiger partial charge in [-0.1, -0.05) is 0 Å². The Balaban J connectivity index is 1.70. The highest BCUT2D eigenvalue weighted by Crippen LogP contribution is 2.46. The lowest BCUT2D eigenvalue weighted by molar-refractivity contribution is -0.160. The van der Waals surface area contributed by atoms with Gasteiger partial charge in [0, 0.05) is 30.3 Å². The van der Waals surface area contributed by atoms with E-state index in [9.17, 15) is 9.90 Å². The Morgan fingerprint density at radius 1 is 1.13 bits per heavy atom. The molecule has 2 atom stereocenters. The molecule has 212 valence electrons. The van der Waals surface area contributed by atoms with Crippen LogP contribution in [0.3, 0.4) is 0 Å². The number of aliphatic carboxylic acids is 1. The molecular weight excluding hydrogens is 495 g/mol. The summed E-state index contributed by atoms with van der Waals surface area (Å²) in [7, 11) is 0. The number of fused-ring (bicyclic) bond motifs is 2. The Hall–Kier alpha value is -2.48. The van der Waals surface area contributed by atoms with Gasteiger partial charge in [0.2, 0.25) is 0 Å². The number of ether oxygens (including phenoxy) is 2. The van der Waals surface area contributed by atoms with Gasteiger partial charge >= 0.3 is 5.97 Å². The molecule has 0 aliphatic carbocycles. The maximum absolute atomic E-state index is 15.5. The standard InChI is InChI=1S/C32H43FN2O4/c1-18-10-8-12-35(18)17-34-15-24-20(3)27(23-14-26(33)29-22(19(23)2)11-9-13-38-29)28(21(4)25(24)16-34)30(31(36)37)39-32(5,6)7/h14,18,30H,8-13,15-17H2,1-7H3,(H,36,37)/t18-,30-/m0/s1. The predicted octanol–water partition coefficient (Wildman–Crippen LogP) is 6.44. The highest BCUT2D eigenvalue weighted by atomic mass is 19.1. The highest BCUT2D eigenvalue weighted by Gasteiger charge is 2.37. The van der Waals surface area contributed by atoms with E-state index in [0.717, 1.165) is 72.5 Å². The molecular formula is C32H43FN2O4. The van der Waals surface area contributed by atoms with E-state index in [0.29, 0.717) is 24.0 Å². The number of rotatable bonds is 6. The third-order valence-corrected chi connectivity index (χ3v) is 8.82. The van der Waals surface area contributed by atoms with Crippen molar-refractivity contribution < 1.29 is 23.8 Å². The number of likely N-dealkylation sites (tertiary alicyclic amines) is 1. The monoisotopic (exact) mass is 538 g/mol. The quantitative estimate of drug-likeness (QED) is 0.457. The minimum atomic E-state index is -1.17. The lowest BCUT2D eigenvalue weighted by Crippen LogP contribution is -2.37. The first-order valence-electron chi connectivity index (χ1n) is 14.3. The minimum absolute atomic E-state index is 0.339. The summed E-state index contributed by atoms with van der Waals surface area (Å²) in [5.41, 5.74) is 7.70. The number of carboxylic acids is 1. The first-order chi connectivity index (χ1) is 18.4. The van der Waals surface area contributed by atoms with Crippen LogP contribution in [-0.2, 0) is 29.0 Å². The molecule has 2 aromatic carbocycles. The van der Waals surface area contributed by atoms with Crippen LogP contribution in [-0.4, -0.2) is 52.3 Å². The van der Waals surface area contributed by atoms with Crippen molar-refractivity contribution >= 4 is 5.97 Å². The number of hydrogen-bond acceptors (Lipinski definition) is 5. The third-order valence-electron chi connectivity index (χ3n) is 8.82. The number of hydrogen-bond donors (Lipinski definition) is 1. The molecule has 0 bridgehead atoms. The number of carboxylic acid groups (broad SMARTS) is 1. The number of halogens is 1. The zero-order chi connectivity index (χ0) is 28.2. The normalized spacial score (nSPS) is 20.6. The average molecular weight is 539 g/mol. The van der Waals surface area contributed by atoms with Crippen LogP contribution in [0.25, 0.3) is 11.1 Å². The fourth-order valence-corrected chi connectivity index (χ4v) is 6.83. The van der Waals surface area contributed by atoms with E-state index < -0.39 is 17.7 Å². The van der Waals surface area contributed by atoms with E-state index in [2.05, 4.69) is 23.6 Å². The van der Waals surface area contributed by atoms with Gasteiger partial charge in [0.05, 0.1) is 18.9 Å². The zero-order valence-electron chi connectivity index (χ0n) is 24.5. The second kappa shape index (κ2) is 10.5. The van der Waals surface area contributed by atoms with Gasteiger partial charge in [-0.2, -0.15) is 0 Å². The van der Waals surface area contributed by atoms with Gasteiger partial charge in [0.25, 0.3) is 0 Å². The molecule has 0 saturated carbocycles. The molecule has 6 nitrogen and oxygen atoms in total. The second-order valence-corrected chi connectivity index (χ2v) is 12.7. The van der Waals surface area contributed by atoms with Crippen molar-refractivity contribution in [3.63, 3.8) is 0 Å². The molecule has 1 N–H and O–H groups in total. The zero-order valence-corrected chi connectivity index (χ0v) is 24.5. The molecule has 0 radical (unpaired) electrons. The van der Waals surface area contributed by atoms with Crippen molar-refractivity contribution in [2.45, 2.75) is 105 Å². The van der Waals surface area contributed by atoms with Crippen LogP contribution in [0.4, 0.5) is 4.39 Å². The fraction of sp³-hybridized carbons (Fsp3) is 0.594. The number of carbonyl (C=O) groups is 1. The van der Waals surface area contributed by atoms with Crippen LogP contribution in [0.15, 0.2) is 6.07 Å². The van der Waals surface area contributed by atoms with Gasteiger partial charge in [-0.05, 0) is 126 Å². The average Bonchev–Trinajstić information content (AvgIpc) is 3.48. The molecule has 0 unspecified atom stereocenters. The molecule has 0 aromatic heterocycles. The smallest absolute Gasteiger partial charge is 0.337 e. The third kappa shape index (κ3) is 5.21. The van der Waals surface area contributed by atoms with Crippen molar-refractivity contribution in [2.75, 3.05) is 19.8 Å². The van der Waals surface area contributed by atoms with Crippen LogP contribution < -0.4 is 4.74 Å². The van der Waals surface area contributed by atoms with Gasteiger partial charge in [-0.25, -0.2) is 9.18 Å². The number of benzene rings is 2. The first-order valence-corrected chi connectivity index (χ1v) is 14.3. The van der Waals surface area contributed by atoms with Crippen LogP contribution >= 0.6 is 0 Å². The summed E-state index contributed by atoms with van der Waals surface area (Å²) in [4.78, 5) is 17.8. The predicted molar refractivity (Wildman–Crippen MR) is 151 cm³/mol. The van der Waals surface area contributed by atoms with E-state index in [-0.39, 0.29) is 5.82 Å². The van der Waals surface area contributed by atoms with Crippen LogP contribution in [0.2, 0.25) is 0 Å². The van der Waals surface area contributed by atoms with Crippen LogP contribution in [0.1, 0.15) is 92.0 Å². The molecule has 0 spiro atoms. The number of nitrogens with zero attached hydrogens (tertiary/aromatic N) is 2. The van der Waals surface area contributed by atoms with Gasteiger partial charge in [0.15, 0.2) is 17.7 Å². The van der Waals surface area contributed by atoms with Crippen molar-refractivity contribution in [3.05, 3.63) is 50.8 Å². The maximum atomic E-state index is 15.5. The van der Waals surface area contributed by atoms with E-state index in [1.807, 2.05) is 34.6 Å². The second-order valence-electron chi connectivity index (χ2n) is 12.7. The molecule has 39 heavy (non-hydrogen) atoms. The molecule has 5 rings (SSSR count). The molecule has 3 heterocycles.